The number of nitrogens with one attached hydrogen (secondary N) is 1. The van der Waals surface area contributed by atoms with E-state index in [9.17, 15) is 14.9 Å². The van der Waals surface area contributed by atoms with Gasteiger partial charge in [-0.2, -0.15) is 5.26 Å². The van der Waals surface area contributed by atoms with Gasteiger partial charge in [-0.3, -0.25) is 15.0 Å². The molecule has 1 saturated heterocycles. The molecule has 6 nitrogen and oxygen atoms in total. The van der Waals surface area contributed by atoms with Crippen molar-refractivity contribution in [2.24, 2.45) is 0 Å². The van der Waals surface area contributed by atoms with Gasteiger partial charge in [0.1, 0.15) is 17.9 Å². The van der Waals surface area contributed by atoms with Crippen molar-refractivity contribution in [1.29, 1.82) is 5.26 Å². The third-order valence-electron chi connectivity index (χ3n) is 5.65. The SMILES string of the molecule is N#Cc1ccccc1COc1ccc2ccccc2c1C=C1C(=O)NN(c2ccccc2)C1=O. The van der Waals surface area contributed by atoms with Crippen LogP contribution in [0.1, 0.15) is 16.7 Å². The van der Waals surface area contributed by atoms with Crippen molar-refractivity contribution < 1.29 is 14.3 Å². The first kappa shape index (κ1) is 21.0. The van der Waals surface area contributed by atoms with E-state index in [1.807, 2.05) is 54.6 Å². The average Bonchev–Trinajstić information content (AvgIpc) is 3.17. The topological polar surface area (TPSA) is 82.4 Å². The van der Waals surface area contributed by atoms with Gasteiger partial charge in [-0.25, -0.2) is 5.01 Å². The number of benzene rings is 4. The van der Waals surface area contributed by atoms with E-state index in [2.05, 4.69) is 11.5 Å². The molecule has 0 spiro atoms. The Morgan fingerprint density at radius 3 is 2.44 bits per heavy atom. The Hall–Kier alpha value is -4.89. The number of carbonyl (C=O) groups excluding carboxylic acids is 2. The van der Waals surface area contributed by atoms with Gasteiger partial charge in [0, 0.05) is 11.1 Å². The molecule has 0 aromatic heterocycles. The Labute approximate surface area is 196 Å². The molecule has 4 aromatic carbocycles. The summed E-state index contributed by atoms with van der Waals surface area (Å²) in [5.41, 5.74) is 5.13. The second kappa shape index (κ2) is 8.93. The number of para-hydroxylation sites is 1. The van der Waals surface area contributed by atoms with Crippen LogP contribution in [0, 0.1) is 11.3 Å². The Morgan fingerprint density at radius 1 is 0.882 bits per heavy atom. The Bertz CT molecular complexity index is 1490. The molecular formula is C28H19N3O3. The summed E-state index contributed by atoms with van der Waals surface area (Å²) in [5, 5.41) is 12.4. The number of fused-ring (bicyclic) bond motifs is 1. The van der Waals surface area contributed by atoms with Gasteiger partial charge >= 0.3 is 0 Å². The summed E-state index contributed by atoms with van der Waals surface area (Å²) in [6, 6.07) is 29.8. The molecule has 4 aromatic rings. The summed E-state index contributed by atoms with van der Waals surface area (Å²) >= 11 is 0. The lowest BCUT2D eigenvalue weighted by atomic mass is 10.0. The zero-order chi connectivity index (χ0) is 23.5. The second-order valence-electron chi connectivity index (χ2n) is 7.73. The number of nitriles is 1. The van der Waals surface area contributed by atoms with E-state index < -0.39 is 11.8 Å². The van der Waals surface area contributed by atoms with Gasteiger partial charge in [0.15, 0.2) is 0 Å². The van der Waals surface area contributed by atoms with Crippen LogP contribution in [0.25, 0.3) is 16.8 Å². The lowest BCUT2D eigenvalue weighted by Crippen LogP contribution is -2.35. The van der Waals surface area contributed by atoms with Crippen molar-refractivity contribution in [1.82, 2.24) is 5.43 Å². The molecule has 1 aliphatic heterocycles. The van der Waals surface area contributed by atoms with Gasteiger partial charge in [0.25, 0.3) is 11.8 Å². The molecule has 1 fully saturated rings. The van der Waals surface area contributed by atoms with Gasteiger partial charge in [-0.1, -0.05) is 66.7 Å². The molecule has 5 rings (SSSR count). The molecular weight excluding hydrogens is 426 g/mol. The smallest absolute Gasteiger partial charge is 0.282 e. The average molecular weight is 445 g/mol. The second-order valence-corrected chi connectivity index (χ2v) is 7.73. The first-order chi connectivity index (χ1) is 16.7. The number of carbonyl (C=O) groups is 2. The summed E-state index contributed by atoms with van der Waals surface area (Å²) in [6.07, 6.45) is 1.58. The first-order valence-corrected chi connectivity index (χ1v) is 10.7. The van der Waals surface area contributed by atoms with Crippen LogP contribution in [0.3, 0.4) is 0 Å². The molecule has 0 saturated carbocycles. The van der Waals surface area contributed by atoms with Gasteiger partial charge in [-0.15, -0.1) is 0 Å². The van der Waals surface area contributed by atoms with Crippen LogP contribution in [0.5, 0.6) is 5.75 Å². The molecule has 0 unspecified atom stereocenters. The number of amides is 2. The van der Waals surface area contributed by atoms with Gasteiger partial charge in [-0.05, 0) is 41.1 Å². The van der Waals surface area contributed by atoms with E-state index in [0.717, 1.165) is 16.3 Å². The Morgan fingerprint density at radius 2 is 1.62 bits per heavy atom. The van der Waals surface area contributed by atoms with Crippen LogP contribution in [0.15, 0.2) is 96.6 Å². The highest BCUT2D eigenvalue weighted by Gasteiger charge is 2.34. The van der Waals surface area contributed by atoms with Crippen LogP contribution in [0.4, 0.5) is 5.69 Å². The van der Waals surface area contributed by atoms with Gasteiger partial charge in [0.2, 0.25) is 0 Å². The molecule has 1 N–H and O–H groups in total. The van der Waals surface area contributed by atoms with E-state index in [1.165, 1.54) is 5.01 Å². The quantitative estimate of drug-likeness (QED) is 0.355. The summed E-state index contributed by atoms with van der Waals surface area (Å²) in [4.78, 5) is 25.9. The highest BCUT2D eigenvalue weighted by molar-refractivity contribution is 6.32. The lowest BCUT2D eigenvalue weighted by molar-refractivity contribution is -0.117. The van der Waals surface area contributed by atoms with Gasteiger partial charge < -0.3 is 4.74 Å². The van der Waals surface area contributed by atoms with Crippen LogP contribution < -0.4 is 15.2 Å². The zero-order valence-electron chi connectivity index (χ0n) is 18.1. The third kappa shape index (κ3) is 3.87. The molecule has 6 heteroatoms. The molecule has 0 aliphatic carbocycles. The Kier molecular flexibility index (Phi) is 5.51. The van der Waals surface area contributed by atoms with E-state index in [-0.39, 0.29) is 12.2 Å². The summed E-state index contributed by atoms with van der Waals surface area (Å²) in [5.74, 6) is -0.412. The normalized spacial score (nSPS) is 14.3. The molecule has 1 heterocycles. The number of rotatable bonds is 5. The predicted octanol–water partition coefficient (Wildman–Crippen LogP) is 4.75. The predicted molar refractivity (Wildman–Crippen MR) is 129 cm³/mol. The Balaban J connectivity index is 1.56. The summed E-state index contributed by atoms with van der Waals surface area (Å²) in [7, 11) is 0. The number of hydrazine groups is 1. The number of ether oxygens (including phenoxy) is 1. The highest BCUT2D eigenvalue weighted by atomic mass is 16.5. The minimum absolute atomic E-state index is 0.0162. The summed E-state index contributed by atoms with van der Waals surface area (Å²) < 4.78 is 6.11. The number of hydrogen-bond acceptors (Lipinski definition) is 4. The molecule has 1 aliphatic rings. The fraction of sp³-hybridized carbons (Fsp3) is 0.0357. The van der Waals surface area contributed by atoms with Crippen LogP contribution in [-0.4, -0.2) is 11.8 Å². The monoisotopic (exact) mass is 445 g/mol. The fourth-order valence-electron chi connectivity index (χ4n) is 3.92. The van der Waals surface area contributed by atoms with Gasteiger partial charge in [0.05, 0.1) is 17.3 Å². The fourth-order valence-corrected chi connectivity index (χ4v) is 3.92. The standard InChI is InChI=1S/C28H19N3O3/c29-17-20-9-4-5-10-21(20)18-34-26-15-14-19-8-6-7-13-23(19)24(26)16-25-27(32)30-31(28(25)33)22-11-2-1-3-12-22/h1-16H,18H2,(H,30,32). The molecule has 34 heavy (non-hydrogen) atoms. The van der Waals surface area contributed by atoms with E-state index in [1.54, 1.807) is 42.5 Å². The molecule has 0 radical (unpaired) electrons. The van der Waals surface area contributed by atoms with Crippen molar-refractivity contribution in [3.05, 3.63) is 113 Å². The number of nitrogens with zero attached hydrogens (tertiary/aromatic N) is 2. The minimum atomic E-state index is -0.484. The molecule has 0 atom stereocenters. The van der Waals surface area contributed by atoms with E-state index in [4.69, 9.17) is 4.74 Å². The minimum Gasteiger partial charge on any atom is -0.488 e. The highest BCUT2D eigenvalue weighted by Crippen LogP contribution is 2.32. The maximum atomic E-state index is 13.1. The lowest BCUT2D eigenvalue weighted by Gasteiger charge is -2.14. The maximum absolute atomic E-state index is 13.1. The van der Waals surface area contributed by atoms with Crippen molar-refractivity contribution in [3.8, 4) is 11.8 Å². The van der Waals surface area contributed by atoms with Crippen LogP contribution in [0.2, 0.25) is 0 Å². The van der Waals surface area contributed by atoms with Crippen molar-refractivity contribution >= 4 is 34.4 Å². The maximum Gasteiger partial charge on any atom is 0.282 e. The molecule has 2 amide bonds. The van der Waals surface area contributed by atoms with Crippen LogP contribution in [-0.2, 0) is 16.2 Å². The van der Waals surface area contributed by atoms with Crippen molar-refractivity contribution in [2.75, 3.05) is 5.01 Å². The van der Waals surface area contributed by atoms with E-state index >= 15 is 0 Å². The van der Waals surface area contributed by atoms with E-state index in [0.29, 0.717) is 22.6 Å². The zero-order valence-corrected chi connectivity index (χ0v) is 18.1. The van der Waals surface area contributed by atoms with Crippen molar-refractivity contribution in [3.63, 3.8) is 0 Å². The number of hydrogen-bond donors (Lipinski definition) is 1. The molecule has 164 valence electrons. The third-order valence-corrected chi connectivity index (χ3v) is 5.65. The molecule has 0 bridgehead atoms. The first-order valence-electron chi connectivity index (χ1n) is 10.7. The largest absolute Gasteiger partial charge is 0.488 e. The van der Waals surface area contributed by atoms with Crippen LogP contribution >= 0.6 is 0 Å². The summed E-state index contributed by atoms with van der Waals surface area (Å²) in [6.45, 7) is 0.175. The van der Waals surface area contributed by atoms with Crippen molar-refractivity contribution in [2.45, 2.75) is 6.61 Å². The number of anilines is 1.